The Balaban J connectivity index is 3.07. The third kappa shape index (κ3) is 3.22. The molecule has 0 spiro atoms. The Kier molecular flexibility index (Phi) is 4.48. The Morgan fingerprint density at radius 3 is 2.84 bits per heavy atom. The van der Waals surface area contributed by atoms with Crippen LogP contribution >= 0.6 is 0 Å². The van der Waals surface area contributed by atoms with E-state index >= 15 is 0 Å². The van der Waals surface area contributed by atoms with Crippen LogP contribution in [-0.2, 0) is 20.7 Å². The molecule has 0 aliphatic carbocycles. The number of phenols is 1. The van der Waals surface area contributed by atoms with Crippen LogP contribution in [0.2, 0.25) is 0 Å². The number of rotatable bonds is 5. The zero-order chi connectivity index (χ0) is 14.5. The predicted molar refractivity (Wildman–Crippen MR) is 66.1 cm³/mol. The van der Waals surface area contributed by atoms with Crippen LogP contribution in [0.3, 0.4) is 0 Å². The molecule has 0 saturated heterocycles. The molecule has 0 unspecified atom stereocenters. The second-order valence-corrected chi connectivity index (χ2v) is 4.23. The quantitative estimate of drug-likeness (QED) is 0.594. The van der Waals surface area contributed by atoms with Crippen molar-refractivity contribution < 1.29 is 19.4 Å². The zero-order valence-electron chi connectivity index (χ0n) is 10.6. The number of carbonyl (C=O) groups excluding carboxylic acids is 2. The minimum absolute atomic E-state index is 0.107. The Morgan fingerprint density at radius 2 is 2.32 bits per heavy atom. The van der Waals surface area contributed by atoms with Crippen molar-refractivity contribution in [3.05, 3.63) is 29.3 Å². The predicted octanol–water partition coefficient (Wildman–Crippen LogP) is 0.484. The number of phenolic OH excluding ortho intramolecular Hbond substituents is 1. The molecule has 1 aromatic rings. The molecule has 6 nitrogen and oxygen atoms in total. The van der Waals surface area contributed by atoms with Gasteiger partial charge in [0.2, 0.25) is 6.41 Å². The van der Waals surface area contributed by atoms with Gasteiger partial charge in [-0.05, 0) is 24.6 Å². The van der Waals surface area contributed by atoms with Gasteiger partial charge in [-0.3, -0.25) is 4.79 Å². The highest BCUT2D eigenvalue weighted by molar-refractivity contribution is 5.83. The molecule has 1 aromatic carbocycles. The normalized spacial score (nSPS) is 12.9. The maximum Gasteiger partial charge on any atom is 0.331 e. The number of amides is 1. The molecule has 19 heavy (non-hydrogen) atoms. The molecule has 2 N–H and O–H groups in total. The number of nitrogens with zero attached hydrogens (tertiary/aromatic N) is 1. The van der Waals surface area contributed by atoms with Gasteiger partial charge in [0.15, 0.2) is 0 Å². The molecule has 0 fully saturated rings. The number of hydrogen-bond acceptors (Lipinski definition) is 5. The summed E-state index contributed by atoms with van der Waals surface area (Å²) >= 11 is 0. The van der Waals surface area contributed by atoms with Gasteiger partial charge in [0, 0.05) is 6.42 Å². The van der Waals surface area contributed by atoms with E-state index in [9.17, 15) is 14.7 Å². The van der Waals surface area contributed by atoms with Crippen molar-refractivity contribution in [3.63, 3.8) is 0 Å². The fraction of sp³-hybridized carbons (Fsp3) is 0.308. The number of esters is 1. The van der Waals surface area contributed by atoms with E-state index in [1.807, 2.05) is 6.07 Å². The van der Waals surface area contributed by atoms with E-state index in [4.69, 9.17) is 5.26 Å². The van der Waals surface area contributed by atoms with Crippen molar-refractivity contribution in [2.24, 2.45) is 0 Å². The van der Waals surface area contributed by atoms with Crippen LogP contribution in [0.15, 0.2) is 18.2 Å². The standard InChI is InChI=1S/C13H14N2O4/c1-13(15-8-16,12(18)19-2)6-9-3-4-11(17)10(5-9)7-14/h3-5,8,17H,6H2,1-2H3,(H,15,16)/t13-/m1/s1. The summed E-state index contributed by atoms with van der Waals surface area (Å²) in [7, 11) is 1.23. The lowest BCUT2D eigenvalue weighted by atomic mass is 9.92. The molecular weight excluding hydrogens is 248 g/mol. The van der Waals surface area contributed by atoms with Crippen molar-refractivity contribution in [1.82, 2.24) is 5.32 Å². The average molecular weight is 262 g/mol. The molecule has 0 radical (unpaired) electrons. The smallest absolute Gasteiger partial charge is 0.331 e. The Bertz CT molecular complexity index is 536. The molecule has 0 bridgehead atoms. The first kappa shape index (κ1) is 14.5. The number of aromatic hydroxyl groups is 1. The average Bonchev–Trinajstić information content (AvgIpc) is 2.40. The van der Waals surface area contributed by atoms with E-state index in [-0.39, 0.29) is 17.7 Å². The summed E-state index contributed by atoms with van der Waals surface area (Å²) in [5.74, 6) is -0.722. The molecule has 0 aromatic heterocycles. The molecule has 1 rings (SSSR count). The lowest BCUT2D eigenvalue weighted by molar-refractivity contribution is -0.148. The fourth-order valence-electron chi connectivity index (χ4n) is 1.73. The van der Waals surface area contributed by atoms with Crippen LogP contribution in [0.1, 0.15) is 18.1 Å². The zero-order valence-corrected chi connectivity index (χ0v) is 10.6. The van der Waals surface area contributed by atoms with Gasteiger partial charge >= 0.3 is 5.97 Å². The number of nitriles is 1. The second kappa shape index (κ2) is 5.87. The number of hydrogen-bond donors (Lipinski definition) is 2. The molecule has 0 heterocycles. The van der Waals surface area contributed by atoms with E-state index in [2.05, 4.69) is 10.1 Å². The largest absolute Gasteiger partial charge is 0.507 e. The number of carbonyl (C=O) groups is 2. The van der Waals surface area contributed by atoms with Gasteiger partial charge in [0.1, 0.15) is 17.4 Å². The summed E-state index contributed by atoms with van der Waals surface area (Å²) in [5.41, 5.74) is -0.493. The number of methoxy groups -OCH3 is 1. The van der Waals surface area contributed by atoms with Crippen molar-refractivity contribution in [1.29, 1.82) is 5.26 Å². The number of nitrogens with one attached hydrogen (secondary N) is 1. The third-order valence-corrected chi connectivity index (χ3v) is 2.75. The van der Waals surface area contributed by atoms with Crippen LogP contribution in [0.25, 0.3) is 0 Å². The van der Waals surface area contributed by atoms with Gasteiger partial charge in [0.25, 0.3) is 0 Å². The number of benzene rings is 1. The fourth-order valence-corrected chi connectivity index (χ4v) is 1.73. The summed E-state index contributed by atoms with van der Waals surface area (Å²) in [4.78, 5) is 22.3. The molecule has 0 aliphatic rings. The summed E-state index contributed by atoms with van der Waals surface area (Å²) in [5, 5.41) is 20.6. The van der Waals surface area contributed by atoms with Gasteiger partial charge < -0.3 is 15.2 Å². The van der Waals surface area contributed by atoms with Crippen LogP contribution in [0.4, 0.5) is 0 Å². The first-order valence-electron chi connectivity index (χ1n) is 5.48. The Morgan fingerprint density at radius 1 is 1.63 bits per heavy atom. The van der Waals surface area contributed by atoms with E-state index < -0.39 is 11.5 Å². The third-order valence-electron chi connectivity index (χ3n) is 2.75. The monoisotopic (exact) mass is 262 g/mol. The lowest BCUT2D eigenvalue weighted by Gasteiger charge is -2.26. The van der Waals surface area contributed by atoms with E-state index in [1.54, 1.807) is 6.07 Å². The highest BCUT2D eigenvalue weighted by Gasteiger charge is 2.34. The van der Waals surface area contributed by atoms with Crippen molar-refractivity contribution >= 4 is 12.4 Å². The van der Waals surface area contributed by atoms with E-state index in [1.165, 1.54) is 26.2 Å². The van der Waals surface area contributed by atoms with Crippen molar-refractivity contribution in [2.45, 2.75) is 18.9 Å². The van der Waals surface area contributed by atoms with E-state index in [0.29, 0.717) is 12.0 Å². The SMILES string of the molecule is COC(=O)[C@@](C)(Cc1ccc(O)c(C#N)c1)NC=O. The molecule has 1 atom stereocenters. The van der Waals surface area contributed by atoms with Gasteiger partial charge in [-0.15, -0.1) is 0 Å². The summed E-state index contributed by atoms with van der Waals surface area (Å²) in [6.07, 6.45) is 0.565. The van der Waals surface area contributed by atoms with Crippen molar-refractivity contribution in [3.8, 4) is 11.8 Å². The first-order valence-corrected chi connectivity index (χ1v) is 5.48. The first-order chi connectivity index (χ1) is 8.96. The summed E-state index contributed by atoms with van der Waals surface area (Å²) < 4.78 is 4.65. The Labute approximate surface area is 110 Å². The van der Waals surface area contributed by atoms with E-state index in [0.717, 1.165) is 0 Å². The van der Waals surface area contributed by atoms with Crippen LogP contribution in [-0.4, -0.2) is 30.1 Å². The molecule has 0 saturated carbocycles. The summed E-state index contributed by atoms with van der Waals surface area (Å²) in [6.45, 7) is 1.52. The highest BCUT2D eigenvalue weighted by Crippen LogP contribution is 2.21. The van der Waals surface area contributed by atoms with Gasteiger partial charge in [-0.1, -0.05) is 6.07 Å². The number of ether oxygens (including phenoxy) is 1. The maximum absolute atomic E-state index is 11.7. The minimum atomic E-state index is -1.22. The highest BCUT2D eigenvalue weighted by atomic mass is 16.5. The molecule has 0 aliphatic heterocycles. The van der Waals surface area contributed by atoms with Crippen LogP contribution < -0.4 is 5.32 Å². The topological polar surface area (TPSA) is 99.4 Å². The minimum Gasteiger partial charge on any atom is -0.507 e. The van der Waals surface area contributed by atoms with Crippen molar-refractivity contribution in [2.75, 3.05) is 7.11 Å². The van der Waals surface area contributed by atoms with Crippen LogP contribution in [0, 0.1) is 11.3 Å². The van der Waals surface area contributed by atoms with Gasteiger partial charge in [-0.2, -0.15) is 5.26 Å². The molecule has 100 valence electrons. The van der Waals surface area contributed by atoms with Gasteiger partial charge in [-0.25, -0.2) is 4.79 Å². The van der Waals surface area contributed by atoms with Crippen LogP contribution in [0.5, 0.6) is 5.75 Å². The van der Waals surface area contributed by atoms with Gasteiger partial charge in [0.05, 0.1) is 12.7 Å². The Hall–Kier alpha value is -2.55. The molecular formula is C13H14N2O4. The lowest BCUT2D eigenvalue weighted by Crippen LogP contribution is -2.51. The summed E-state index contributed by atoms with van der Waals surface area (Å²) in [6, 6.07) is 6.24. The molecule has 6 heteroatoms. The molecule has 1 amide bonds. The second-order valence-electron chi connectivity index (χ2n) is 4.23. The maximum atomic E-state index is 11.7.